The zero-order valence-corrected chi connectivity index (χ0v) is 17.1. The Morgan fingerprint density at radius 2 is 1.58 bits per heavy atom. The Balaban J connectivity index is 1.44. The summed E-state index contributed by atoms with van der Waals surface area (Å²) < 4.78 is 40.9. The highest BCUT2D eigenvalue weighted by molar-refractivity contribution is 5.99. The summed E-state index contributed by atoms with van der Waals surface area (Å²) in [6.45, 7) is 2.78. The van der Waals surface area contributed by atoms with Gasteiger partial charge >= 0.3 is 6.36 Å². The van der Waals surface area contributed by atoms with Gasteiger partial charge in [-0.3, -0.25) is 4.79 Å². The van der Waals surface area contributed by atoms with Gasteiger partial charge in [0.15, 0.2) is 0 Å². The molecule has 0 aliphatic carbocycles. The third-order valence-electron chi connectivity index (χ3n) is 5.41. The van der Waals surface area contributed by atoms with Crippen molar-refractivity contribution in [3.05, 3.63) is 100 Å². The van der Waals surface area contributed by atoms with E-state index < -0.39 is 6.36 Å². The van der Waals surface area contributed by atoms with Gasteiger partial charge in [-0.2, -0.15) is 0 Å². The van der Waals surface area contributed by atoms with Crippen LogP contribution in [0.4, 0.5) is 13.2 Å². The minimum Gasteiger partial charge on any atom is -0.406 e. The first-order valence-corrected chi connectivity index (χ1v) is 10.1. The Morgan fingerprint density at radius 1 is 0.903 bits per heavy atom. The largest absolute Gasteiger partial charge is 0.573 e. The van der Waals surface area contributed by atoms with Crippen LogP contribution in [0.1, 0.15) is 38.2 Å². The van der Waals surface area contributed by atoms with Gasteiger partial charge in [-0.15, -0.1) is 13.2 Å². The molecular weight excluding hydrogens is 403 g/mol. The minimum atomic E-state index is -4.72. The lowest BCUT2D eigenvalue weighted by molar-refractivity contribution is -0.274. The van der Waals surface area contributed by atoms with Crippen molar-refractivity contribution >= 4 is 5.91 Å². The van der Waals surface area contributed by atoms with Crippen molar-refractivity contribution in [2.75, 3.05) is 0 Å². The van der Waals surface area contributed by atoms with E-state index in [2.05, 4.69) is 29.0 Å². The average Bonchev–Trinajstić information content (AvgIpc) is 3.03. The molecule has 0 N–H and O–H groups in total. The van der Waals surface area contributed by atoms with Gasteiger partial charge in [0.05, 0.1) is 0 Å². The zero-order valence-electron chi connectivity index (χ0n) is 17.1. The molecule has 3 aromatic carbocycles. The summed E-state index contributed by atoms with van der Waals surface area (Å²) in [5, 5.41) is 0. The first-order valence-electron chi connectivity index (χ1n) is 10.1. The third-order valence-corrected chi connectivity index (χ3v) is 5.41. The van der Waals surface area contributed by atoms with Gasteiger partial charge in [-0.25, -0.2) is 0 Å². The van der Waals surface area contributed by atoms with Crippen molar-refractivity contribution in [3.8, 4) is 5.75 Å². The SMILES string of the molecule is Cc1cc(CCc2ccccc2)cc2c1C(=O)N(Cc1ccc(OC(F)(F)F)cc1)C2. The average molecular weight is 425 g/mol. The summed E-state index contributed by atoms with van der Waals surface area (Å²) in [7, 11) is 0. The normalized spacial score (nSPS) is 13.4. The fourth-order valence-corrected chi connectivity index (χ4v) is 4.03. The topological polar surface area (TPSA) is 29.5 Å². The summed E-state index contributed by atoms with van der Waals surface area (Å²) in [6, 6.07) is 20.1. The van der Waals surface area contributed by atoms with E-state index in [-0.39, 0.29) is 11.7 Å². The summed E-state index contributed by atoms with van der Waals surface area (Å²) in [6.07, 6.45) is -2.89. The molecule has 3 nitrogen and oxygen atoms in total. The Kier molecular flexibility index (Phi) is 5.72. The molecule has 4 rings (SSSR count). The number of benzene rings is 3. The van der Waals surface area contributed by atoms with Crippen LogP contribution in [0.15, 0.2) is 66.7 Å². The van der Waals surface area contributed by atoms with Crippen LogP contribution in [0.2, 0.25) is 0 Å². The molecule has 1 amide bonds. The van der Waals surface area contributed by atoms with E-state index in [1.807, 2.05) is 25.1 Å². The van der Waals surface area contributed by atoms with E-state index in [0.717, 1.165) is 35.1 Å². The molecule has 0 bridgehead atoms. The second-order valence-electron chi connectivity index (χ2n) is 7.79. The zero-order chi connectivity index (χ0) is 22.0. The van der Waals surface area contributed by atoms with Gasteiger partial charge in [0.2, 0.25) is 0 Å². The van der Waals surface area contributed by atoms with Crippen LogP contribution in [0.25, 0.3) is 0 Å². The third kappa shape index (κ3) is 5.08. The predicted molar refractivity (Wildman–Crippen MR) is 112 cm³/mol. The van der Waals surface area contributed by atoms with E-state index in [0.29, 0.717) is 13.1 Å². The Labute approximate surface area is 179 Å². The number of fused-ring (bicyclic) bond motifs is 1. The molecule has 6 heteroatoms. The molecule has 0 saturated heterocycles. The second-order valence-corrected chi connectivity index (χ2v) is 7.79. The number of carbonyl (C=O) groups is 1. The van der Waals surface area contributed by atoms with Crippen molar-refractivity contribution < 1.29 is 22.7 Å². The quantitative estimate of drug-likeness (QED) is 0.497. The molecule has 0 radical (unpaired) electrons. The number of carbonyl (C=O) groups excluding carboxylic acids is 1. The Morgan fingerprint density at radius 3 is 2.26 bits per heavy atom. The molecule has 160 valence electrons. The van der Waals surface area contributed by atoms with Gasteiger partial charge in [0, 0.05) is 18.7 Å². The van der Waals surface area contributed by atoms with E-state index >= 15 is 0 Å². The maximum absolute atomic E-state index is 12.9. The van der Waals surface area contributed by atoms with Gasteiger partial charge in [-0.05, 0) is 59.7 Å². The molecule has 0 spiro atoms. The van der Waals surface area contributed by atoms with E-state index in [1.165, 1.54) is 23.3 Å². The number of alkyl halides is 3. The van der Waals surface area contributed by atoms with Crippen molar-refractivity contribution in [1.82, 2.24) is 4.90 Å². The highest BCUT2D eigenvalue weighted by Crippen LogP contribution is 2.30. The highest BCUT2D eigenvalue weighted by Gasteiger charge is 2.31. The minimum absolute atomic E-state index is 0.0438. The van der Waals surface area contributed by atoms with Crippen molar-refractivity contribution in [3.63, 3.8) is 0 Å². The lowest BCUT2D eigenvalue weighted by Crippen LogP contribution is -2.23. The number of hydrogen-bond donors (Lipinski definition) is 0. The van der Waals surface area contributed by atoms with Crippen LogP contribution in [0, 0.1) is 6.92 Å². The van der Waals surface area contributed by atoms with Crippen LogP contribution in [0.3, 0.4) is 0 Å². The lowest BCUT2D eigenvalue weighted by atomic mass is 9.96. The second kappa shape index (κ2) is 8.46. The number of halogens is 3. The predicted octanol–water partition coefficient (Wildman–Crippen LogP) is 5.83. The molecule has 0 atom stereocenters. The number of hydrogen-bond acceptors (Lipinski definition) is 2. The van der Waals surface area contributed by atoms with Crippen LogP contribution in [-0.2, 0) is 25.9 Å². The Hall–Kier alpha value is -3.28. The monoisotopic (exact) mass is 425 g/mol. The van der Waals surface area contributed by atoms with Gasteiger partial charge in [0.1, 0.15) is 5.75 Å². The van der Waals surface area contributed by atoms with E-state index in [9.17, 15) is 18.0 Å². The molecular formula is C25H22F3NO2. The van der Waals surface area contributed by atoms with Crippen LogP contribution in [-0.4, -0.2) is 17.2 Å². The maximum atomic E-state index is 12.9. The maximum Gasteiger partial charge on any atom is 0.573 e. The van der Waals surface area contributed by atoms with Gasteiger partial charge < -0.3 is 9.64 Å². The summed E-state index contributed by atoms with van der Waals surface area (Å²) >= 11 is 0. The number of nitrogens with zero attached hydrogens (tertiary/aromatic N) is 1. The van der Waals surface area contributed by atoms with E-state index in [1.54, 1.807) is 17.0 Å². The molecule has 1 heterocycles. The van der Waals surface area contributed by atoms with Gasteiger partial charge in [0.25, 0.3) is 5.91 Å². The van der Waals surface area contributed by atoms with Crippen molar-refractivity contribution in [2.45, 2.75) is 39.2 Å². The Bertz CT molecular complexity index is 1080. The van der Waals surface area contributed by atoms with Crippen LogP contribution < -0.4 is 4.74 Å². The lowest BCUT2D eigenvalue weighted by Gasteiger charge is -2.16. The van der Waals surface area contributed by atoms with Crippen LogP contribution >= 0.6 is 0 Å². The van der Waals surface area contributed by atoms with Crippen molar-refractivity contribution in [2.24, 2.45) is 0 Å². The molecule has 0 aromatic heterocycles. The van der Waals surface area contributed by atoms with Crippen molar-refractivity contribution in [1.29, 1.82) is 0 Å². The molecule has 1 aliphatic heterocycles. The molecule has 0 unspecified atom stereocenters. The number of ether oxygens (including phenoxy) is 1. The first kappa shape index (κ1) is 21.0. The number of amides is 1. The smallest absolute Gasteiger partial charge is 0.406 e. The molecule has 31 heavy (non-hydrogen) atoms. The standard InChI is InChI=1S/C25H22F3NO2/c1-17-13-20(8-7-18-5-3-2-4-6-18)14-21-16-29(24(30)23(17)21)15-19-9-11-22(12-10-19)31-25(26,27)28/h2-6,9-14H,7-8,15-16H2,1H3. The molecule has 0 fully saturated rings. The summed E-state index contributed by atoms with van der Waals surface area (Å²) in [5.41, 5.74) is 5.92. The summed E-state index contributed by atoms with van der Waals surface area (Å²) in [4.78, 5) is 14.6. The van der Waals surface area contributed by atoms with Gasteiger partial charge in [-0.1, -0.05) is 54.6 Å². The fraction of sp³-hybridized carbons (Fsp3) is 0.240. The fourth-order valence-electron chi connectivity index (χ4n) is 4.03. The highest BCUT2D eigenvalue weighted by atomic mass is 19.4. The van der Waals surface area contributed by atoms with E-state index in [4.69, 9.17) is 0 Å². The molecule has 3 aromatic rings. The molecule has 1 aliphatic rings. The first-order chi connectivity index (χ1) is 14.8. The molecule has 0 saturated carbocycles. The number of aryl methyl sites for hydroxylation is 3. The summed E-state index contributed by atoms with van der Waals surface area (Å²) in [5.74, 6) is -0.316. The number of rotatable bonds is 6. The van der Waals surface area contributed by atoms with Crippen LogP contribution in [0.5, 0.6) is 5.75 Å².